The Morgan fingerprint density at radius 1 is 0.544 bits per heavy atom. The van der Waals surface area contributed by atoms with Crippen molar-refractivity contribution in [1.82, 2.24) is 4.13 Å². The van der Waals surface area contributed by atoms with Gasteiger partial charge < -0.3 is 9.73 Å². The summed E-state index contributed by atoms with van der Waals surface area (Å²) in [6.45, 7) is 17.2. The molecule has 0 aromatic heterocycles. The number of para-hydroxylation sites is 2. The van der Waals surface area contributed by atoms with Crippen LogP contribution in [0.2, 0.25) is 0 Å². The minimum atomic E-state index is -5.96. The van der Waals surface area contributed by atoms with Crippen molar-refractivity contribution in [2.45, 2.75) is 90.9 Å². The molecular formula is C53H54F5N3O5S2. The van der Waals surface area contributed by atoms with Gasteiger partial charge in [-0.1, -0.05) is 110 Å². The van der Waals surface area contributed by atoms with E-state index in [1.165, 1.54) is 22.3 Å². The van der Waals surface area contributed by atoms with E-state index in [-0.39, 0.29) is 16.9 Å². The number of hydrogen-bond acceptors (Lipinski definition) is 7. The van der Waals surface area contributed by atoms with E-state index in [9.17, 15) is 38.8 Å². The van der Waals surface area contributed by atoms with Gasteiger partial charge in [0.05, 0.1) is 15.9 Å². The van der Waals surface area contributed by atoms with Gasteiger partial charge in [-0.15, -0.1) is 4.13 Å². The predicted octanol–water partition coefficient (Wildman–Crippen LogP) is 13.3. The van der Waals surface area contributed by atoms with Gasteiger partial charge >= 0.3 is 0 Å². The van der Waals surface area contributed by atoms with Crippen molar-refractivity contribution in [2.24, 2.45) is 28.7 Å². The molecule has 0 fully saturated rings. The summed E-state index contributed by atoms with van der Waals surface area (Å²) in [6, 6.07) is 28.3. The molecule has 0 atom stereocenters. The van der Waals surface area contributed by atoms with Gasteiger partial charge in [-0.05, 0) is 102 Å². The molecule has 1 aliphatic heterocycles. The fraction of sp³-hybridized carbons (Fsp3) is 0.302. The quantitative estimate of drug-likeness (QED) is 0.0431. The highest BCUT2D eigenvalue weighted by atomic mass is 32.3. The molecule has 2 aliphatic rings. The summed E-state index contributed by atoms with van der Waals surface area (Å²) in [5.41, 5.74) is 7.78. The molecule has 0 saturated carbocycles. The molecule has 1 aliphatic carbocycles. The number of hydrogen-bond donors (Lipinski definition) is 2. The SMILES string of the molecule is CC(C)Cc1cccc(CC(C)C)c1/N=c1/ccc2c(-c3ccccc3S(=O)(=O)NS(=O)(=O)c3c(F)c(F)c(F)c(F)c3F)c3ccc(Nc4c(CC(C)C)cccc4CC(C)C)cc3oc-2c1. The Hall–Kier alpha value is -5.90. The zero-order chi connectivity index (χ0) is 49.4. The lowest BCUT2D eigenvalue weighted by Gasteiger charge is -2.21. The second kappa shape index (κ2) is 20.0. The Balaban J connectivity index is 1.47. The average molecular weight is 972 g/mol. The Kier molecular flexibility index (Phi) is 14.7. The molecule has 8 nitrogen and oxygen atoms in total. The van der Waals surface area contributed by atoms with E-state index >= 15 is 0 Å². The number of nitrogens with one attached hydrogen (secondary N) is 2. The summed E-state index contributed by atoms with van der Waals surface area (Å²) < 4.78 is 135. The normalized spacial score (nSPS) is 12.8. The molecule has 15 heteroatoms. The average Bonchev–Trinajstić information content (AvgIpc) is 3.25. The van der Waals surface area contributed by atoms with Crippen LogP contribution in [0.25, 0.3) is 33.4 Å². The number of nitrogens with zero attached hydrogens (tertiary/aromatic N) is 1. The maximum atomic E-state index is 14.9. The van der Waals surface area contributed by atoms with Gasteiger partial charge in [0.25, 0.3) is 20.0 Å². The summed E-state index contributed by atoms with van der Waals surface area (Å²) in [5.74, 6) is -11.5. The maximum Gasteiger partial charge on any atom is 0.259 e. The molecule has 5 aromatic rings. The van der Waals surface area contributed by atoms with Crippen LogP contribution in [0, 0.1) is 52.8 Å². The van der Waals surface area contributed by atoms with E-state index in [0.717, 1.165) is 65.4 Å². The number of fused-ring (bicyclic) bond motifs is 2. The van der Waals surface area contributed by atoms with Crippen LogP contribution < -0.4 is 14.8 Å². The molecule has 0 amide bonds. The lowest BCUT2D eigenvalue weighted by Crippen LogP contribution is -2.33. The van der Waals surface area contributed by atoms with Crippen LogP contribution in [0.15, 0.2) is 116 Å². The molecule has 2 N–H and O–H groups in total. The molecule has 1 heterocycles. The summed E-state index contributed by atoms with van der Waals surface area (Å²) in [4.78, 5) is 2.16. The molecule has 0 bridgehead atoms. The number of rotatable bonds is 16. The Morgan fingerprint density at radius 2 is 1.06 bits per heavy atom. The first-order valence-electron chi connectivity index (χ1n) is 22.5. The summed E-state index contributed by atoms with van der Waals surface area (Å²) in [5, 5.41) is 4.59. The van der Waals surface area contributed by atoms with Crippen LogP contribution in [0.1, 0.15) is 77.6 Å². The smallest absolute Gasteiger partial charge is 0.259 e. The van der Waals surface area contributed by atoms with Gasteiger partial charge in [0, 0.05) is 45.6 Å². The fourth-order valence-corrected chi connectivity index (χ4v) is 11.8. The predicted molar refractivity (Wildman–Crippen MR) is 258 cm³/mol. The van der Waals surface area contributed by atoms with Crippen LogP contribution in [0.5, 0.6) is 0 Å². The van der Waals surface area contributed by atoms with Gasteiger partial charge in [0.15, 0.2) is 28.2 Å². The Bertz CT molecular complexity index is 3230. The largest absolute Gasteiger partial charge is 0.456 e. The minimum absolute atomic E-state index is 0.0631. The zero-order valence-electron chi connectivity index (χ0n) is 39.1. The monoisotopic (exact) mass is 971 g/mol. The highest BCUT2D eigenvalue weighted by molar-refractivity contribution is 8.04. The zero-order valence-corrected chi connectivity index (χ0v) is 40.7. The van der Waals surface area contributed by atoms with Crippen molar-refractivity contribution >= 4 is 48.1 Å². The van der Waals surface area contributed by atoms with Crippen LogP contribution in [0.3, 0.4) is 0 Å². The third-order valence-corrected chi connectivity index (χ3v) is 14.9. The van der Waals surface area contributed by atoms with Gasteiger partial charge in [-0.25, -0.2) is 43.8 Å². The van der Waals surface area contributed by atoms with Crippen molar-refractivity contribution in [3.8, 4) is 22.5 Å². The molecule has 0 radical (unpaired) electrons. The number of benzene rings is 6. The number of halogens is 5. The van der Waals surface area contributed by atoms with Crippen molar-refractivity contribution in [2.75, 3.05) is 5.32 Å². The van der Waals surface area contributed by atoms with E-state index in [1.54, 1.807) is 30.3 Å². The molecular weight excluding hydrogens is 918 g/mol. The van der Waals surface area contributed by atoms with Crippen molar-refractivity contribution in [3.05, 3.63) is 154 Å². The third-order valence-electron chi connectivity index (χ3n) is 11.3. The number of sulfonamides is 2. The summed E-state index contributed by atoms with van der Waals surface area (Å²) in [6.07, 6.45) is 3.19. The van der Waals surface area contributed by atoms with Crippen LogP contribution >= 0.6 is 0 Å². The second-order valence-corrected chi connectivity index (χ2v) is 22.4. The van der Waals surface area contributed by atoms with E-state index in [0.29, 0.717) is 51.2 Å². The van der Waals surface area contributed by atoms with E-state index in [4.69, 9.17) is 9.41 Å². The minimum Gasteiger partial charge on any atom is -0.456 e. The van der Waals surface area contributed by atoms with Crippen LogP contribution in [0.4, 0.5) is 39.0 Å². The van der Waals surface area contributed by atoms with E-state index < -0.39 is 58.9 Å². The molecule has 0 saturated heterocycles. The van der Waals surface area contributed by atoms with Gasteiger partial charge in [0.2, 0.25) is 5.82 Å². The number of anilines is 2. The second-order valence-electron chi connectivity index (χ2n) is 18.9. The van der Waals surface area contributed by atoms with Crippen molar-refractivity contribution in [3.63, 3.8) is 0 Å². The maximum absolute atomic E-state index is 14.9. The van der Waals surface area contributed by atoms with Gasteiger partial charge in [-0.3, -0.25) is 0 Å². The Morgan fingerprint density at radius 3 is 1.62 bits per heavy atom. The van der Waals surface area contributed by atoms with Gasteiger partial charge in [-0.2, -0.15) is 0 Å². The molecule has 0 unspecified atom stereocenters. The van der Waals surface area contributed by atoms with Gasteiger partial charge in [0.1, 0.15) is 11.3 Å². The first kappa shape index (κ1) is 50.0. The topological polar surface area (TPSA) is 118 Å². The molecule has 358 valence electrons. The van der Waals surface area contributed by atoms with E-state index in [1.807, 2.05) is 12.1 Å². The highest BCUT2D eigenvalue weighted by Gasteiger charge is 2.37. The van der Waals surface area contributed by atoms with E-state index in [2.05, 4.69) is 91.0 Å². The summed E-state index contributed by atoms with van der Waals surface area (Å²) in [7, 11) is -11.3. The van der Waals surface area contributed by atoms with Crippen LogP contribution in [-0.2, 0) is 45.7 Å². The van der Waals surface area contributed by atoms with Crippen molar-refractivity contribution in [1.29, 1.82) is 0 Å². The lowest BCUT2D eigenvalue weighted by molar-refractivity contribution is 0.357. The Labute approximate surface area is 394 Å². The van der Waals surface area contributed by atoms with Crippen LogP contribution in [-0.4, -0.2) is 16.8 Å². The first-order valence-corrected chi connectivity index (χ1v) is 25.5. The fourth-order valence-electron chi connectivity index (χ4n) is 8.58. The standard InChI is InChI=1S/C53H54F5N3O5S2/c1-29(2)23-33-13-11-14-34(24-30(3)4)51(33)59-37-19-21-39-42(27-37)66-43-28-38(60-52-35(25-31(5)6)15-12-16-36(52)26-32(7)8)20-22-40(43)45(39)41-17-9-10-18-44(41)67(62,63)61-68(64,65)53-49(57)47(55)46(54)48(56)50(53)58/h9-22,27-32,59,61H,23-26H2,1-8H3/b60-38-. The van der Waals surface area contributed by atoms with Crippen molar-refractivity contribution < 1.29 is 43.2 Å². The third kappa shape index (κ3) is 10.5. The lowest BCUT2D eigenvalue weighted by atomic mass is 9.93. The molecule has 5 aromatic carbocycles. The first-order chi connectivity index (χ1) is 32.1. The summed E-state index contributed by atoms with van der Waals surface area (Å²) >= 11 is 0. The molecule has 0 spiro atoms. The highest BCUT2D eigenvalue weighted by Crippen LogP contribution is 2.44. The molecule has 7 rings (SSSR count). The molecule has 68 heavy (non-hydrogen) atoms.